The van der Waals surface area contributed by atoms with Crippen LogP contribution >= 0.6 is 0 Å². The third kappa shape index (κ3) is 3.70. The summed E-state index contributed by atoms with van der Waals surface area (Å²) >= 11 is 0. The first kappa shape index (κ1) is 11.7. The van der Waals surface area contributed by atoms with E-state index in [0.717, 1.165) is 6.42 Å². The van der Waals surface area contributed by atoms with Crippen molar-refractivity contribution in [2.75, 3.05) is 0 Å². The second kappa shape index (κ2) is 5.49. The Kier molecular flexibility index (Phi) is 4.28. The molecule has 1 heterocycles. The average molecular weight is 208 g/mol. The number of aromatic nitrogens is 1. The van der Waals surface area contributed by atoms with Gasteiger partial charge in [0.15, 0.2) is 12.4 Å². The molecule has 0 radical (unpaired) electrons. The maximum Gasteiger partial charge on any atom is 0.313 e. The molecule has 1 rings (SSSR count). The van der Waals surface area contributed by atoms with Crippen LogP contribution in [0.15, 0.2) is 24.5 Å². The van der Waals surface area contributed by atoms with Crippen molar-refractivity contribution in [3.8, 4) is 0 Å². The van der Waals surface area contributed by atoms with Crippen LogP contribution in [-0.2, 0) is 22.7 Å². The van der Waals surface area contributed by atoms with Crippen molar-refractivity contribution >= 4 is 5.97 Å². The first-order valence-electron chi connectivity index (χ1n) is 5.28. The molecule has 0 spiro atoms. The molecule has 82 valence electrons. The molecule has 0 bridgehead atoms. The normalized spacial score (nSPS) is 10.4. The Labute approximate surface area is 90.7 Å². The minimum Gasteiger partial charge on any atom is -0.405 e. The number of esters is 1. The Bertz CT molecular complexity index is 334. The molecule has 1 aromatic rings. The molecule has 3 nitrogen and oxygen atoms in total. The van der Waals surface area contributed by atoms with Crippen LogP contribution in [0.1, 0.15) is 26.3 Å². The van der Waals surface area contributed by atoms with Crippen molar-refractivity contribution < 1.29 is 14.1 Å². The lowest BCUT2D eigenvalue weighted by molar-refractivity contribution is -0.728. The Morgan fingerprint density at radius 3 is 2.87 bits per heavy atom. The quantitative estimate of drug-likeness (QED) is 0.557. The molecule has 0 atom stereocenters. The number of carbonyl (C=O) groups excluding carboxylic acids is 1. The molecule has 0 fully saturated rings. The number of ether oxygens (including phenoxy) is 1. The maximum atomic E-state index is 11.2. The highest BCUT2D eigenvalue weighted by molar-refractivity contribution is 5.71. The van der Waals surface area contributed by atoms with Crippen LogP contribution in [0.2, 0.25) is 0 Å². The number of nitrogens with zero attached hydrogens (tertiary/aromatic N) is 1. The predicted molar refractivity (Wildman–Crippen MR) is 56.9 cm³/mol. The number of pyridine rings is 1. The van der Waals surface area contributed by atoms with E-state index in [2.05, 4.69) is 13.0 Å². The summed E-state index contributed by atoms with van der Waals surface area (Å²) in [6, 6.07) is 4.02. The number of hydrogen-bond donors (Lipinski definition) is 0. The number of hydrogen-bond acceptors (Lipinski definition) is 2. The molecule has 0 aromatic carbocycles. The van der Waals surface area contributed by atoms with Gasteiger partial charge < -0.3 is 4.74 Å². The summed E-state index contributed by atoms with van der Waals surface area (Å²) in [5.74, 6) is -0.232. The summed E-state index contributed by atoms with van der Waals surface area (Å²) in [7, 11) is 0. The molecule has 0 amide bonds. The van der Waals surface area contributed by atoms with Crippen molar-refractivity contribution in [1.82, 2.24) is 0 Å². The summed E-state index contributed by atoms with van der Waals surface area (Å²) in [5.41, 5.74) is 1.23. The molecule has 1 aromatic heterocycles. The minimum absolute atomic E-state index is 0.0695. The summed E-state index contributed by atoms with van der Waals surface area (Å²) in [6.45, 7) is 6.05. The van der Waals surface area contributed by atoms with E-state index in [1.165, 1.54) is 5.56 Å². The molecular weight excluding hydrogens is 190 g/mol. The highest BCUT2D eigenvalue weighted by Gasteiger charge is 2.10. The fourth-order valence-corrected chi connectivity index (χ4v) is 1.17. The van der Waals surface area contributed by atoms with E-state index in [9.17, 15) is 4.79 Å². The molecule has 0 N–H and O–H groups in total. The third-order valence-electron chi connectivity index (χ3n) is 2.16. The molecule has 0 aliphatic rings. The van der Waals surface area contributed by atoms with Gasteiger partial charge in [0.05, 0.1) is 5.92 Å². The molecule has 3 heteroatoms. The van der Waals surface area contributed by atoms with Crippen LogP contribution in [-0.4, -0.2) is 5.97 Å². The zero-order chi connectivity index (χ0) is 11.3. The Hall–Kier alpha value is -1.38. The summed E-state index contributed by atoms with van der Waals surface area (Å²) < 4.78 is 6.99. The molecule has 0 saturated heterocycles. The zero-order valence-corrected chi connectivity index (χ0v) is 9.56. The fourth-order valence-electron chi connectivity index (χ4n) is 1.17. The van der Waals surface area contributed by atoms with Gasteiger partial charge in [0.25, 0.3) is 6.73 Å². The third-order valence-corrected chi connectivity index (χ3v) is 2.16. The van der Waals surface area contributed by atoms with Crippen molar-refractivity contribution in [2.24, 2.45) is 5.92 Å². The lowest BCUT2D eigenvalue weighted by Crippen LogP contribution is -2.36. The molecule has 0 aliphatic carbocycles. The van der Waals surface area contributed by atoms with Crippen LogP contribution < -0.4 is 4.57 Å². The first-order chi connectivity index (χ1) is 7.13. The maximum absolute atomic E-state index is 11.2. The van der Waals surface area contributed by atoms with Gasteiger partial charge in [-0.15, -0.1) is 0 Å². The molecule has 15 heavy (non-hydrogen) atoms. The predicted octanol–water partition coefficient (Wildman–Crippen LogP) is 1.69. The van der Waals surface area contributed by atoms with Gasteiger partial charge in [0.2, 0.25) is 0 Å². The van der Waals surface area contributed by atoms with Gasteiger partial charge in [0.1, 0.15) is 0 Å². The number of carbonyl (C=O) groups is 1. The van der Waals surface area contributed by atoms with Crippen LogP contribution in [0.25, 0.3) is 0 Å². The lowest BCUT2D eigenvalue weighted by atomic mass is 10.2. The molecule has 0 aliphatic heterocycles. The standard InChI is InChI=1S/C12H18NO2/c1-4-11-6-5-7-13(8-11)9-15-12(14)10(2)3/h5-8,10H,4,9H2,1-3H3/q+1. The number of aryl methyl sites for hydroxylation is 1. The van der Waals surface area contributed by atoms with Gasteiger partial charge in [-0.05, 0) is 12.5 Å². The van der Waals surface area contributed by atoms with Crippen molar-refractivity contribution in [3.63, 3.8) is 0 Å². The minimum atomic E-state index is -0.163. The molecular formula is C12H18NO2+. The topological polar surface area (TPSA) is 30.2 Å². The highest BCUT2D eigenvalue weighted by Crippen LogP contribution is 1.97. The van der Waals surface area contributed by atoms with E-state index in [1.54, 1.807) is 0 Å². The smallest absolute Gasteiger partial charge is 0.313 e. The fraction of sp³-hybridized carbons (Fsp3) is 0.500. The van der Waals surface area contributed by atoms with E-state index >= 15 is 0 Å². The Morgan fingerprint density at radius 2 is 2.27 bits per heavy atom. The second-order valence-electron chi connectivity index (χ2n) is 3.83. The van der Waals surface area contributed by atoms with E-state index < -0.39 is 0 Å². The van der Waals surface area contributed by atoms with Crippen LogP contribution in [0, 0.1) is 5.92 Å². The van der Waals surface area contributed by atoms with E-state index in [1.807, 2.05) is 36.9 Å². The monoisotopic (exact) mass is 208 g/mol. The number of rotatable bonds is 4. The van der Waals surface area contributed by atoms with E-state index in [4.69, 9.17) is 4.74 Å². The van der Waals surface area contributed by atoms with Gasteiger partial charge in [-0.1, -0.05) is 20.8 Å². The SMILES string of the molecule is CCc1ccc[n+](COC(=O)C(C)C)c1. The van der Waals surface area contributed by atoms with E-state index in [0.29, 0.717) is 6.73 Å². The van der Waals surface area contributed by atoms with Crippen LogP contribution in [0.3, 0.4) is 0 Å². The van der Waals surface area contributed by atoms with Gasteiger partial charge in [-0.3, -0.25) is 4.79 Å². The Balaban J connectivity index is 2.54. The van der Waals surface area contributed by atoms with E-state index in [-0.39, 0.29) is 11.9 Å². The van der Waals surface area contributed by atoms with Gasteiger partial charge in [-0.2, -0.15) is 4.57 Å². The largest absolute Gasteiger partial charge is 0.405 e. The molecule has 0 saturated carbocycles. The van der Waals surface area contributed by atoms with Crippen molar-refractivity contribution in [1.29, 1.82) is 0 Å². The van der Waals surface area contributed by atoms with Gasteiger partial charge in [-0.25, -0.2) is 0 Å². The average Bonchev–Trinajstić information content (AvgIpc) is 2.26. The highest BCUT2D eigenvalue weighted by atomic mass is 16.5. The van der Waals surface area contributed by atoms with Crippen molar-refractivity contribution in [2.45, 2.75) is 33.9 Å². The molecule has 0 unspecified atom stereocenters. The van der Waals surface area contributed by atoms with Crippen molar-refractivity contribution in [3.05, 3.63) is 30.1 Å². The first-order valence-corrected chi connectivity index (χ1v) is 5.28. The summed E-state index contributed by atoms with van der Waals surface area (Å²) in [4.78, 5) is 11.2. The second-order valence-corrected chi connectivity index (χ2v) is 3.83. The Morgan fingerprint density at radius 1 is 1.53 bits per heavy atom. The van der Waals surface area contributed by atoms with Crippen LogP contribution in [0.4, 0.5) is 0 Å². The van der Waals surface area contributed by atoms with Gasteiger partial charge in [0, 0.05) is 11.6 Å². The van der Waals surface area contributed by atoms with Gasteiger partial charge >= 0.3 is 5.97 Å². The zero-order valence-electron chi connectivity index (χ0n) is 9.56. The summed E-state index contributed by atoms with van der Waals surface area (Å²) in [5, 5.41) is 0. The summed E-state index contributed by atoms with van der Waals surface area (Å²) in [6.07, 6.45) is 4.87. The lowest BCUT2D eigenvalue weighted by Gasteiger charge is -2.04. The van der Waals surface area contributed by atoms with Crippen LogP contribution in [0.5, 0.6) is 0 Å².